The Bertz CT molecular complexity index is 789. The van der Waals surface area contributed by atoms with Gasteiger partial charge in [0.1, 0.15) is 11.6 Å². The van der Waals surface area contributed by atoms with E-state index in [1.165, 1.54) is 18.2 Å². The van der Waals surface area contributed by atoms with Crippen molar-refractivity contribution in [2.45, 2.75) is 24.8 Å². The largest absolute Gasteiger partial charge is 0.381 e. The highest BCUT2D eigenvalue weighted by atomic mass is 19.1. The van der Waals surface area contributed by atoms with Crippen molar-refractivity contribution < 1.29 is 13.5 Å². The van der Waals surface area contributed by atoms with Crippen molar-refractivity contribution >= 4 is 5.96 Å². The van der Waals surface area contributed by atoms with Crippen LogP contribution in [0.15, 0.2) is 53.5 Å². The van der Waals surface area contributed by atoms with Crippen LogP contribution in [0.3, 0.4) is 0 Å². The first-order chi connectivity index (χ1) is 13.1. The van der Waals surface area contributed by atoms with Gasteiger partial charge in [0, 0.05) is 38.8 Å². The average Bonchev–Trinajstić information content (AvgIpc) is 2.69. The summed E-state index contributed by atoms with van der Waals surface area (Å²) in [6.07, 6.45) is 1.62. The monoisotopic (exact) mass is 373 g/mol. The summed E-state index contributed by atoms with van der Waals surface area (Å²) >= 11 is 0. The SMILES string of the molecule is CN=C(NCc1cccc(F)c1)NCC1(c2cccc(F)c2)CCOCC1. The third kappa shape index (κ3) is 5.04. The maximum atomic E-state index is 13.8. The number of nitrogens with one attached hydrogen (secondary N) is 2. The number of hydrogen-bond acceptors (Lipinski definition) is 2. The van der Waals surface area contributed by atoms with Crippen LogP contribution in [0.4, 0.5) is 8.78 Å². The number of nitrogens with zero attached hydrogens (tertiary/aromatic N) is 1. The van der Waals surface area contributed by atoms with E-state index in [1.807, 2.05) is 12.1 Å². The molecule has 0 spiro atoms. The summed E-state index contributed by atoms with van der Waals surface area (Å²) in [5.74, 6) is 0.137. The quantitative estimate of drug-likeness (QED) is 0.624. The molecule has 1 saturated heterocycles. The minimum Gasteiger partial charge on any atom is -0.381 e. The zero-order chi connectivity index (χ0) is 19.1. The van der Waals surface area contributed by atoms with Gasteiger partial charge in [0.05, 0.1) is 0 Å². The van der Waals surface area contributed by atoms with Gasteiger partial charge in [-0.2, -0.15) is 0 Å². The molecule has 1 aliphatic heterocycles. The van der Waals surface area contributed by atoms with Gasteiger partial charge in [-0.1, -0.05) is 24.3 Å². The van der Waals surface area contributed by atoms with E-state index >= 15 is 0 Å². The molecule has 0 aromatic heterocycles. The van der Waals surface area contributed by atoms with Crippen LogP contribution in [-0.4, -0.2) is 32.8 Å². The van der Waals surface area contributed by atoms with Crippen molar-refractivity contribution in [2.75, 3.05) is 26.8 Å². The van der Waals surface area contributed by atoms with Crippen LogP contribution in [0.25, 0.3) is 0 Å². The van der Waals surface area contributed by atoms with Crippen molar-refractivity contribution in [1.82, 2.24) is 10.6 Å². The molecule has 1 heterocycles. The molecule has 0 saturated carbocycles. The van der Waals surface area contributed by atoms with E-state index in [1.54, 1.807) is 25.2 Å². The molecule has 0 atom stereocenters. The second-order valence-electron chi connectivity index (χ2n) is 6.81. The molecule has 27 heavy (non-hydrogen) atoms. The van der Waals surface area contributed by atoms with Crippen LogP contribution in [0, 0.1) is 11.6 Å². The highest BCUT2D eigenvalue weighted by molar-refractivity contribution is 5.79. The standard InChI is InChI=1S/C21H25F2N3O/c1-24-20(25-14-16-4-2-6-18(22)12-16)26-15-21(8-10-27-11-9-21)17-5-3-7-19(23)13-17/h2-7,12-13H,8-11,14-15H2,1H3,(H2,24,25,26). The molecule has 0 aliphatic carbocycles. The van der Waals surface area contributed by atoms with Gasteiger partial charge < -0.3 is 15.4 Å². The third-order valence-electron chi connectivity index (χ3n) is 5.05. The lowest BCUT2D eigenvalue weighted by Crippen LogP contribution is -2.48. The van der Waals surface area contributed by atoms with Gasteiger partial charge in [-0.25, -0.2) is 8.78 Å². The summed E-state index contributed by atoms with van der Waals surface area (Å²) in [7, 11) is 1.69. The van der Waals surface area contributed by atoms with Crippen molar-refractivity contribution in [3.8, 4) is 0 Å². The Morgan fingerprint density at radius 1 is 1.04 bits per heavy atom. The highest BCUT2D eigenvalue weighted by Gasteiger charge is 2.34. The van der Waals surface area contributed by atoms with Crippen molar-refractivity contribution in [2.24, 2.45) is 4.99 Å². The number of hydrogen-bond donors (Lipinski definition) is 2. The lowest BCUT2D eigenvalue weighted by atomic mass is 9.74. The molecule has 2 N–H and O–H groups in total. The second kappa shape index (κ2) is 8.95. The van der Waals surface area contributed by atoms with Crippen LogP contribution >= 0.6 is 0 Å². The van der Waals surface area contributed by atoms with Gasteiger partial charge in [-0.05, 0) is 48.2 Å². The fraction of sp³-hybridized carbons (Fsp3) is 0.381. The second-order valence-corrected chi connectivity index (χ2v) is 6.81. The van der Waals surface area contributed by atoms with Gasteiger partial charge in [0.2, 0.25) is 0 Å². The van der Waals surface area contributed by atoms with E-state index in [-0.39, 0.29) is 17.0 Å². The Kier molecular flexibility index (Phi) is 6.40. The normalized spacial score (nSPS) is 16.8. The molecule has 0 unspecified atom stereocenters. The minimum absolute atomic E-state index is 0.211. The first-order valence-electron chi connectivity index (χ1n) is 9.14. The van der Waals surface area contributed by atoms with E-state index in [0.29, 0.717) is 32.3 Å². The number of rotatable bonds is 5. The topological polar surface area (TPSA) is 45.7 Å². The van der Waals surface area contributed by atoms with Gasteiger partial charge in [0.25, 0.3) is 0 Å². The van der Waals surface area contributed by atoms with Crippen LogP contribution in [0.2, 0.25) is 0 Å². The summed E-state index contributed by atoms with van der Waals surface area (Å²) in [5.41, 5.74) is 1.60. The first kappa shape index (κ1) is 19.3. The summed E-state index contributed by atoms with van der Waals surface area (Å²) in [5, 5.41) is 6.55. The summed E-state index contributed by atoms with van der Waals surface area (Å²) in [6, 6.07) is 13.2. The predicted molar refractivity (Wildman–Crippen MR) is 103 cm³/mol. The van der Waals surface area contributed by atoms with Gasteiger partial charge in [0.15, 0.2) is 5.96 Å². The number of halogens is 2. The molecule has 0 radical (unpaired) electrons. The lowest BCUT2D eigenvalue weighted by molar-refractivity contribution is 0.0513. The van der Waals surface area contributed by atoms with E-state index in [0.717, 1.165) is 24.0 Å². The van der Waals surface area contributed by atoms with Crippen LogP contribution in [-0.2, 0) is 16.7 Å². The Labute approximate surface area is 158 Å². The molecular weight excluding hydrogens is 348 g/mol. The molecule has 6 heteroatoms. The van der Waals surface area contributed by atoms with Crippen LogP contribution in [0.5, 0.6) is 0 Å². The molecule has 0 amide bonds. The van der Waals surface area contributed by atoms with Gasteiger partial charge in [-0.15, -0.1) is 0 Å². The lowest BCUT2D eigenvalue weighted by Gasteiger charge is -2.38. The van der Waals surface area contributed by atoms with Crippen LogP contribution in [0.1, 0.15) is 24.0 Å². The van der Waals surface area contributed by atoms with E-state index in [4.69, 9.17) is 4.74 Å². The predicted octanol–water partition coefficient (Wildman–Crippen LogP) is 3.38. The molecular formula is C21H25F2N3O. The van der Waals surface area contributed by atoms with Crippen LogP contribution < -0.4 is 10.6 Å². The van der Waals surface area contributed by atoms with Crippen molar-refractivity contribution in [3.05, 3.63) is 71.3 Å². The first-order valence-corrected chi connectivity index (χ1v) is 9.14. The number of ether oxygens (including phenoxy) is 1. The molecule has 2 aromatic carbocycles. The Hall–Kier alpha value is -2.47. The molecule has 144 valence electrons. The van der Waals surface area contributed by atoms with Gasteiger partial charge in [-0.3, -0.25) is 4.99 Å². The van der Waals surface area contributed by atoms with Gasteiger partial charge >= 0.3 is 0 Å². The molecule has 1 fully saturated rings. The summed E-state index contributed by atoms with van der Waals surface area (Å²) in [4.78, 5) is 4.25. The number of benzene rings is 2. The van der Waals surface area contributed by atoms with E-state index in [9.17, 15) is 8.78 Å². The zero-order valence-corrected chi connectivity index (χ0v) is 15.5. The van der Waals surface area contributed by atoms with Crippen molar-refractivity contribution in [3.63, 3.8) is 0 Å². The fourth-order valence-electron chi connectivity index (χ4n) is 3.45. The number of aliphatic imine (C=N–C) groups is 1. The van der Waals surface area contributed by atoms with E-state index in [2.05, 4.69) is 15.6 Å². The summed E-state index contributed by atoms with van der Waals surface area (Å²) < 4.78 is 32.6. The Morgan fingerprint density at radius 2 is 1.74 bits per heavy atom. The Balaban J connectivity index is 1.67. The maximum Gasteiger partial charge on any atom is 0.191 e. The minimum atomic E-state index is -0.260. The van der Waals surface area contributed by atoms with E-state index < -0.39 is 0 Å². The highest BCUT2D eigenvalue weighted by Crippen LogP contribution is 2.34. The average molecular weight is 373 g/mol. The third-order valence-corrected chi connectivity index (χ3v) is 5.05. The molecule has 4 nitrogen and oxygen atoms in total. The smallest absolute Gasteiger partial charge is 0.191 e. The maximum absolute atomic E-state index is 13.8. The molecule has 2 aromatic rings. The number of guanidine groups is 1. The molecule has 1 aliphatic rings. The fourth-order valence-corrected chi connectivity index (χ4v) is 3.45. The van der Waals surface area contributed by atoms with Crippen molar-refractivity contribution in [1.29, 1.82) is 0 Å². The summed E-state index contributed by atoms with van der Waals surface area (Å²) in [6.45, 7) is 2.37. The molecule has 0 bridgehead atoms. The Morgan fingerprint density at radius 3 is 2.41 bits per heavy atom. The zero-order valence-electron chi connectivity index (χ0n) is 15.5. The molecule has 3 rings (SSSR count).